The van der Waals surface area contributed by atoms with Gasteiger partial charge in [0.15, 0.2) is 0 Å². The first-order valence-corrected chi connectivity index (χ1v) is 8.30. The Labute approximate surface area is 132 Å². The lowest BCUT2D eigenvalue weighted by Gasteiger charge is -2.28. The van der Waals surface area contributed by atoms with Gasteiger partial charge in [-0.05, 0) is 25.0 Å². The summed E-state index contributed by atoms with van der Waals surface area (Å²) in [5, 5.41) is 6.23. The van der Waals surface area contributed by atoms with Gasteiger partial charge in [0.05, 0.1) is 11.1 Å². The Morgan fingerprint density at radius 2 is 2.09 bits per heavy atom. The molecule has 0 aliphatic heterocycles. The standard InChI is InChI=1S/C16H16N4OS/c21-14(12-3-4-13-17-7-9-20(13)11-12)19-16(5-1-2-6-16)15-18-8-10-22-15/h3-4,7-11H,1-2,5-6H2,(H,19,21). The van der Waals surface area contributed by atoms with Crippen LogP contribution < -0.4 is 5.32 Å². The van der Waals surface area contributed by atoms with Crippen LogP contribution in [-0.2, 0) is 5.54 Å². The van der Waals surface area contributed by atoms with Crippen LogP contribution in [0.25, 0.3) is 5.65 Å². The molecule has 1 amide bonds. The number of carbonyl (C=O) groups is 1. The molecule has 5 nitrogen and oxygen atoms in total. The zero-order valence-corrected chi connectivity index (χ0v) is 12.8. The van der Waals surface area contributed by atoms with Gasteiger partial charge in [-0.1, -0.05) is 12.8 Å². The first kappa shape index (κ1) is 13.5. The van der Waals surface area contributed by atoms with E-state index in [0.717, 1.165) is 36.3 Å². The van der Waals surface area contributed by atoms with E-state index in [9.17, 15) is 4.79 Å². The van der Waals surface area contributed by atoms with Gasteiger partial charge in [0, 0.05) is 30.2 Å². The highest BCUT2D eigenvalue weighted by Crippen LogP contribution is 2.39. The summed E-state index contributed by atoms with van der Waals surface area (Å²) in [6.45, 7) is 0. The van der Waals surface area contributed by atoms with Crippen molar-refractivity contribution in [1.82, 2.24) is 19.7 Å². The van der Waals surface area contributed by atoms with E-state index in [1.165, 1.54) is 0 Å². The number of carbonyl (C=O) groups excluding carboxylic acids is 1. The van der Waals surface area contributed by atoms with Gasteiger partial charge in [-0.15, -0.1) is 11.3 Å². The van der Waals surface area contributed by atoms with Crippen molar-refractivity contribution in [3.8, 4) is 0 Å². The Balaban J connectivity index is 1.64. The minimum atomic E-state index is -0.296. The Kier molecular flexibility index (Phi) is 3.18. The van der Waals surface area contributed by atoms with Crippen molar-refractivity contribution in [3.05, 3.63) is 52.9 Å². The molecule has 3 aromatic rings. The molecule has 3 aromatic heterocycles. The number of nitrogens with one attached hydrogen (secondary N) is 1. The number of aromatic nitrogens is 3. The van der Waals surface area contributed by atoms with Gasteiger partial charge in [-0.3, -0.25) is 4.79 Å². The molecule has 1 fully saturated rings. The molecule has 6 heteroatoms. The second-order valence-corrected chi connectivity index (χ2v) is 6.59. The molecule has 1 N–H and O–H groups in total. The van der Waals surface area contributed by atoms with Gasteiger partial charge in [0.1, 0.15) is 10.7 Å². The van der Waals surface area contributed by atoms with Crippen LogP contribution in [0.2, 0.25) is 0 Å². The number of pyridine rings is 1. The summed E-state index contributed by atoms with van der Waals surface area (Å²) in [4.78, 5) is 21.3. The van der Waals surface area contributed by atoms with Crippen LogP contribution in [0.3, 0.4) is 0 Å². The van der Waals surface area contributed by atoms with Gasteiger partial charge in [-0.2, -0.15) is 0 Å². The highest BCUT2D eigenvalue weighted by Gasteiger charge is 2.39. The Bertz CT molecular complexity index is 803. The largest absolute Gasteiger partial charge is 0.340 e. The molecule has 22 heavy (non-hydrogen) atoms. The second-order valence-electron chi connectivity index (χ2n) is 5.69. The van der Waals surface area contributed by atoms with Crippen molar-refractivity contribution in [2.24, 2.45) is 0 Å². The monoisotopic (exact) mass is 312 g/mol. The predicted molar refractivity (Wildman–Crippen MR) is 84.9 cm³/mol. The summed E-state index contributed by atoms with van der Waals surface area (Å²) in [7, 11) is 0. The van der Waals surface area contributed by atoms with Crippen LogP contribution in [0.4, 0.5) is 0 Å². The van der Waals surface area contributed by atoms with Gasteiger partial charge < -0.3 is 9.72 Å². The lowest BCUT2D eigenvalue weighted by molar-refractivity contribution is 0.0897. The molecular formula is C16H16N4OS. The maximum Gasteiger partial charge on any atom is 0.253 e. The van der Waals surface area contributed by atoms with Crippen LogP contribution >= 0.6 is 11.3 Å². The van der Waals surface area contributed by atoms with Gasteiger partial charge in [-0.25, -0.2) is 9.97 Å². The minimum Gasteiger partial charge on any atom is -0.340 e. The Morgan fingerprint density at radius 1 is 1.23 bits per heavy atom. The molecule has 0 radical (unpaired) electrons. The van der Waals surface area contributed by atoms with Crippen molar-refractivity contribution in [1.29, 1.82) is 0 Å². The maximum absolute atomic E-state index is 12.7. The molecule has 0 aromatic carbocycles. The molecule has 0 unspecified atom stereocenters. The van der Waals surface area contributed by atoms with Crippen molar-refractivity contribution < 1.29 is 4.79 Å². The smallest absolute Gasteiger partial charge is 0.253 e. The molecule has 0 spiro atoms. The van der Waals surface area contributed by atoms with E-state index in [1.807, 2.05) is 40.5 Å². The van der Waals surface area contributed by atoms with Crippen molar-refractivity contribution in [3.63, 3.8) is 0 Å². The summed E-state index contributed by atoms with van der Waals surface area (Å²) in [5.41, 5.74) is 1.19. The number of imidazole rings is 1. The molecule has 1 aliphatic rings. The number of nitrogens with zero attached hydrogens (tertiary/aromatic N) is 3. The molecular weight excluding hydrogens is 296 g/mol. The fraction of sp³-hybridized carbons (Fsp3) is 0.312. The minimum absolute atomic E-state index is 0.0484. The Morgan fingerprint density at radius 3 is 2.86 bits per heavy atom. The van der Waals surface area contributed by atoms with E-state index in [0.29, 0.717) is 5.56 Å². The van der Waals surface area contributed by atoms with E-state index in [1.54, 1.807) is 17.5 Å². The summed E-state index contributed by atoms with van der Waals surface area (Å²) < 4.78 is 1.86. The van der Waals surface area contributed by atoms with Crippen LogP contribution in [0, 0.1) is 0 Å². The number of thiazole rings is 1. The molecule has 1 saturated carbocycles. The third-order valence-corrected chi connectivity index (χ3v) is 5.28. The second kappa shape index (κ2) is 5.21. The number of rotatable bonds is 3. The average Bonchev–Trinajstić information content (AvgIpc) is 3.27. The van der Waals surface area contributed by atoms with Gasteiger partial charge >= 0.3 is 0 Å². The van der Waals surface area contributed by atoms with E-state index in [-0.39, 0.29) is 11.4 Å². The van der Waals surface area contributed by atoms with E-state index >= 15 is 0 Å². The summed E-state index contributed by atoms with van der Waals surface area (Å²) in [6, 6.07) is 3.68. The van der Waals surface area contributed by atoms with Crippen LogP contribution in [0.15, 0.2) is 42.3 Å². The lowest BCUT2D eigenvalue weighted by Crippen LogP contribution is -2.43. The van der Waals surface area contributed by atoms with Gasteiger partial charge in [0.2, 0.25) is 0 Å². The van der Waals surface area contributed by atoms with E-state index < -0.39 is 0 Å². The number of fused-ring (bicyclic) bond motifs is 1. The quantitative estimate of drug-likeness (QED) is 0.809. The molecule has 4 rings (SSSR count). The molecule has 0 bridgehead atoms. The molecule has 112 valence electrons. The summed E-state index contributed by atoms with van der Waals surface area (Å²) >= 11 is 1.62. The SMILES string of the molecule is O=C(NC1(c2nccs2)CCCC1)c1ccc2nccn2c1. The third kappa shape index (κ3) is 2.20. The molecule has 0 saturated heterocycles. The first-order chi connectivity index (χ1) is 10.8. The Hall–Kier alpha value is -2.21. The number of hydrogen-bond acceptors (Lipinski definition) is 4. The number of hydrogen-bond donors (Lipinski definition) is 1. The van der Waals surface area contributed by atoms with Crippen molar-refractivity contribution >= 4 is 22.9 Å². The van der Waals surface area contributed by atoms with Crippen molar-refractivity contribution in [2.75, 3.05) is 0 Å². The summed E-state index contributed by atoms with van der Waals surface area (Å²) in [6.07, 6.45) is 11.4. The van der Waals surface area contributed by atoms with E-state index in [4.69, 9.17) is 0 Å². The van der Waals surface area contributed by atoms with Gasteiger partial charge in [0.25, 0.3) is 5.91 Å². The topological polar surface area (TPSA) is 59.3 Å². The predicted octanol–water partition coefficient (Wildman–Crippen LogP) is 2.99. The first-order valence-electron chi connectivity index (χ1n) is 7.42. The molecule has 1 aliphatic carbocycles. The maximum atomic E-state index is 12.7. The van der Waals surface area contributed by atoms with E-state index in [2.05, 4.69) is 15.3 Å². The van der Waals surface area contributed by atoms with Crippen LogP contribution in [0.5, 0.6) is 0 Å². The fourth-order valence-electron chi connectivity index (χ4n) is 3.17. The normalized spacial score (nSPS) is 16.9. The van der Waals surface area contributed by atoms with Crippen LogP contribution in [0.1, 0.15) is 41.0 Å². The average molecular weight is 312 g/mol. The molecule has 0 atom stereocenters. The highest BCUT2D eigenvalue weighted by molar-refractivity contribution is 7.09. The lowest BCUT2D eigenvalue weighted by atomic mass is 9.98. The molecule has 3 heterocycles. The zero-order chi connectivity index (χ0) is 15.0. The number of amides is 1. The van der Waals surface area contributed by atoms with Crippen molar-refractivity contribution in [2.45, 2.75) is 31.2 Å². The summed E-state index contributed by atoms with van der Waals surface area (Å²) in [5.74, 6) is -0.0484. The fourth-order valence-corrected chi connectivity index (χ4v) is 4.03. The zero-order valence-electron chi connectivity index (χ0n) is 12.0. The highest BCUT2D eigenvalue weighted by atomic mass is 32.1. The van der Waals surface area contributed by atoms with Crippen LogP contribution in [-0.4, -0.2) is 20.3 Å². The third-order valence-electron chi connectivity index (χ3n) is 4.30.